The fourth-order valence-corrected chi connectivity index (χ4v) is 2.42. The lowest BCUT2D eigenvalue weighted by molar-refractivity contribution is 0.336. The van der Waals surface area contributed by atoms with Gasteiger partial charge in [-0.25, -0.2) is 0 Å². The largest absolute Gasteiger partial charge is 0.494 e. The van der Waals surface area contributed by atoms with E-state index < -0.39 is 0 Å². The highest BCUT2D eigenvalue weighted by atomic mass is 16.5. The molecule has 2 rings (SSSR count). The number of nitrogens with zero attached hydrogens (tertiary/aromatic N) is 3. The molecule has 6 heteroatoms. The van der Waals surface area contributed by atoms with Gasteiger partial charge < -0.3 is 15.4 Å². The molecule has 0 saturated heterocycles. The number of aryl methyl sites for hydroxylation is 2. The molecule has 0 aliphatic rings. The van der Waals surface area contributed by atoms with Crippen molar-refractivity contribution in [2.45, 2.75) is 26.8 Å². The summed E-state index contributed by atoms with van der Waals surface area (Å²) < 4.78 is 7.53. The van der Waals surface area contributed by atoms with E-state index in [1.165, 1.54) is 11.1 Å². The molecule has 0 bridgehead atoms. The maximum absolute atomic E-state index is 5.72. The van der Waals surface area contributed by atoms with E-state index in [0.717, 1.165) is 30.2 Å². The van der Waals surface area contributed by atoms with Crippen LogP contribution in [-0.4, -0.2) is 35.9 Å². The van der Waals surface area contributed by atoms with Crippen molar-refractivity contribution in [3.05, 3.63) is 47.3 Å². The lowest BCUT2D eigenvalue weighted by Gasteiger charge is -2.14. The number of hydrogen-bond donors (Lipinski definition) is 2. The SMILES string of the molecule is CCOc1cc(C)ccc1CNC(=NC)NCCc1cnn(C)c1. The van der Waals surface area contributed by atoms with Crippen LogP contribution in [0.3, 0.4) is 0 Å². The molecule has 24 heavy (non-hydrogen) atoms. The van der Waals surface area contributed by atoms with Crippen molar-refractivity contribution >= 4 is 5.96 Å². The molecule has 1 aromatic carbocycles. The Morgan fingerprint density at radius 2 is 2.17 bits per heavy atom. The van der Waals surface area contributed by atoms with Crippen molar-refractivity contribution < 1.29 is 4.74 Å². The van der Waals surface area contributed by atoms with Crippen LogP contribution in [0.1, 0.15) is 23.6 Å². The van der Waals surface area contributed by atoms with Crippen molar-refractivity contribution in [3.63, 3.8) is 0 Å². The molecule has 0 fully saturated rings. The van der Waals surface area contributed by atoms with Crippen molar-refractivity contribution in [3.8, 4) is 5.75 Å². The first-order valence-corrected chi connectivity index (χ1v) is 8.26. The zero-order valence-corrected chi connectivity index (χ0v) is 15.0. The molecule has 1 aromatic heterocycles. The first-order valence-electron chi connectivity index (χ1n) is 8.26. The average molecular weight is 329 g/mol. The minimum atomic E-state index is 0.661. The summed E-state index contributed by atoms with van der Waals surface area (Å²) in [4.78, 5) is 4.27. The predicted octanol–water partition coefficient (Wildman–Crippen LogP) is 2.03. The van der Waals surface area contributed by atoms with Gasteiger partial charge in [0.1, 0.15) is 5.75 Å². The average Bonchev–Trinajstić information content (AvgIpc) is 2.98. The molecule has 0 atom stereocenters. The summed E-state index contributed by atoms with van der Waals surface area (Å²) in [6.07, 6.45) is 4.82. The third kappa shape index (κ3) is 5.30. The quantitative estimate of drug-likeness (QED) is 0.603. The minimum Gasteiger partial charge on any atom is -0.494 e. The molecule has 6 nitrogen and oxygen atoms in total. The molecule has 0 aliphatic carbocycles. The Balaban J connectivity index is 1.85. The van der Waals surface area contributed by atoms with Gasteiger partial charge in [-0.3, -0.25) is 9.67 Å². The van der Waals surface area contributed by atoms with Crippen LogP contribution in [0.5, 0.6) is 5.75 Å². The van der Waals surface area contributed by atoms with Crippen LogP contribution in [-0.2, 0) is 20.0 Å². The summed E-state index contributed by atoms with van der Waals surface area (Å²) in [7, 11) is 3.70. The van der Waals surface area contributed by atoms with Gasteiger partial charge in [0.25, 0.3) is 0 Å². The van der Waals surface area contributed by atoms with Gasteiger partial charge >= 0.3 is 0 Å². The zero-order chi connectivity index (χ0) is 17.4. The Morgan fingerprint density at radius 1 is 1.33 bits per heavy atom. The molecule has 0 aliphatic heterocycles. The molecule has 0 saturated carbocycles. The first kappa shape index (κ1) is 17.8. The topological polar surface area (TPSA) is 63.5 Å². The number of aliphatic imine (C=N–C) groups is 1. The molecular formula is C18H27N5O. The number of hydrogen-bond acceptors (Lipinski definition) is 3. The van der Waals surface area contributed by atoms with E-state index in [1.54, 1.807) is 7.05 Å². The van der Waals surface area contributed by atoms with Crippen LogP contribution >= 0.6 is 0 Å². The van der Waals surface area contributed by atoms with Crippen LogP contribution in [0.15, 0.2) is 35.6 Å². The van der Waals surface area contributed by atoms with Gasteiger partial charge in [0.05, 0.1) is 12.8 Å². The molecule has 0 unspecified atom stereocenters. The highest BCUT2D eigenvalue weighted by Gasteiger charge is 2.05. The number of ether oxygens (including phenoxy) is 1. The normalized spacial score (nSPS) is 11.4. The van der Waals surface area contributed by atoms with Crippen molar-refractivity contribution in [1.82, 2.24) is 20.4 Å². The molecule has 0 amide bonds. The van der Waals surface area contributed by atoms with Gasteiger partial charge in [0.2, 0.25) is 0 Å². The maximum Gasteiger partial charge on any atom is 0.191 e. The summed E-state index contributed by atoms with van der Waals surface area (Å²) in [5, 5.41) is 10.8. The number of aromatic nitrogens is 2. The van der Waals surface area contributed by atoms with Crippen LogP contribution in [0.4, 0.5) is 0 Å². The predicted molar refractivity (Wildman–Crippen MR) is 97.5 cm³/mol. The monoisotopic (exact) mass is 329 g/mol. The number of benzene rings is 1. The van der Waals surface area contributed by atoms with E-state index >= 15 is 0 Å². The Morgan fingerprint density at radius 3 is 2.83 bits per heavy atom. The van der Waals surface area contributed by atoms with E-state index in [4.69, 9.17) is 4.74 Å². The summed E-state index contributed by atoms with van der Waals surface area (Å²) in [6, 6.07) is 6.26. The third-order valence-corrected chi connectivity index (χ3v) is 3.66. The fraction of sp³-hybridized carbons (Fsp3) is 0.444. The van der Waals surface area contributed by atoms with E-state index in [-0.39, 0.29) is 0 Å². The smallest absolute Gasteiger partial charge is 0.191 e. The van der Waals surface area contributed by atoms with Crippen molar-refractivity contribution in [2.24, 2.45) is 12.0 Å². The summed E-state index contributed by atoms with van der Waals surface area (Å²) in [6.45, 7) is 6.20. The maximum atomic E-state index is 5.72. The van der Waals surface area contributed by atoms with E-state index in [9.17, 15) is 0 Å². The summed E-state index contributed by atoms with van der Waals surface area (Å²) in [5.74, 6) is 1.71. The van der Waals surface area contributed by atoms with E-state index in [2.05, 4.69) is 45.8 Å². The van der Waals surface area contributed by atoms with Crippen LogP contribution < -0.4 is 15.4 Å². The van der Waals surface area contributed by atoms with Crippen LogP contribution in [0.2, 0.25) is 0 Å². The van der Waals surface area contributed by atoms with Crippen molar-refractivity contribution in [1.29, 1.82) is 0 Å². The van der Waals surface area contributed by atoms with Gasteiger partial charge in [-0.15, -0.1) is 0 Å². The third-order valence-electron chi connectivity index (χ3n) is 3.66. The lowest BCUT2D eigenvalue weighted by atomic mass is 10.1. The van der Waals surface area contributed by atoms with Crippen LogP contribution in [0, 0.1) is 6.92 Å². The van der Waals surface area contributed by atoms with Gasteiger partial charge in [0.15, 0.2) is 5.96 Å². The zero-order valence-electron chi connectivity index (χ0n) is 15.0. The Labute approximate surface area is 143 Å². The second kappa shape index (κ2) is 8.96. The molecule has 2 aromatic rings. The van der Waals surface area contributed by atoms with Gasteiger partial charge in [-0.05, 0) is 37.5 Å². The number of rotatable bonds is 7. The molecule has 1 heterocycles. The summed E-state index contributed by atoms with van der Waals surface area (Å²) in [5.41, 5.74) is 3.52. The van der Waals surface area contributed by atoms with Crippen molar-refractivity contribution in [2.75, 3.05) is 20.2 Å². The molecule has 0 spiro atoms. The Bertz CT molecular complexity index is 678. The highest BCUT2D eigenvalue weighted by molar-refractivity contribution is 5.79. The summed E-state index contributed by atoms with van der Waals surface area (Å²) >= 11 is 0. The number of nitrogens with one attached hydrogen (secondary N) is 2. The standard InChI is InChI=1S/C18H27N5O/c1-5-24-17-10-14(2)6-7-16(17)12-21-18(19-3)20-9-8-15-11-22-23(4)13-15/h6-7,10-11,13H,5,8-9,12H2,1-4H3,(H2,19,20,21). The van der Waals surface area contributed by atoms with E-state index in [0.29, 0.717) is 13.2 Å². The fourth-order valence-electron chi connectivity index (χ4n) is 2.42. The first-order chi connectivity index (χ1) is 11.6. The van der Waals surface area contributed by atoms with Crippen LogP contribution in [0.25, 0.3) is 0 Å². The molecule has 0 radical (unpaired) electrons. The lowest BCUT2D eigenvalue weighted by Crippen LogP contribution is -2.37. The minimum absolute atomic E-state index is 0.661. The number of guanidine groups is 1. The highest BCUT2D eigenvalue weighted by Crippen LogP contribution is 2.20. The Hall–Kier alpha value is -2.50. The Kier molecular flexibility index (Phi) is 6.66. The van der Waals surface area contributed by atoms with E-state index in [1.807, 2.05) is 31.0 Å². The second-order valence-electron chi connectivity index (χ2n) is 5.67. The molecular weight excluding hydrogens is 302 g/mol. The van der Waals surface area contributed by atoms with Gasteiger partial charge in [0, 0.05) is 38.9 Å². The van der Waals surface area contributed by atoms with Gasteiger partial charge in [-0.2, -0.15) is 5.10 Å². The molecule has 2 N–H and O–H groups in total. The second-order valence-corrected chi connectivity index (χ2v) is 5.67. The molecule has 130 valence electrons. The van der Waals surface area contributed by atoms with Gasteiger partial charge in [-0.1, -0.05) is 12.1 Å².